The molecule has 35 heavy (non-hydrogen) atoms. The molecule has 0 radical (unpaired) electrons. The Kier molecular flexibility index (Phi) is 6.20. The summed E-state index contributed by atoms with van der Waals surface area (Å²) in [6.45, 7) is 4.08. The summed E-state index contributed by atoms with van der Waals surface area (Å²) < 4.78 is 11.7. The second-order valence-corrected chi connectivity index (χ2v) is 9.08. The third-order valence-corrected chi connectivity index (χ3v) is 5.88. The second-order valence-electron chi connectivity index (χ2n) is 8.20. The summed E-state index contributed by atoms with van der Waals surface area (Å²) in [4.78, 5) is 17.1. The van der Waals surface area contributed by atoms with Gasteiger partial charge in [0.2, 0.25) is 11.8 Å². The molecule has 1 amide bonds. The maximum absolute atomic E-state index is 12.5. The van der Waals surface area contributed by atoms with Crippen LogP contribution in [-0.2, 0) is 4.79 Å². The molecule has 2 aromatic heterocycles. The molecule has 5 rings (SSSR count). The summed E-state index contributed by atoms with van der Waals surface area (Å²) in [7, 11) is 0. The lowest BCUT2D eigenvalue weighted by molar-refractivity contribution is -0.111. The number of rotatable bonds is 5. The van der Waals surface area contributed by atoms with Gasteiger partial charge in [0.05, 0.1) is 0 Å². The van der Waals surface area contributed by atoms with Crippen molar-refractivity contribution in [3.8, 4) is 22.8 Å². The fourth-order valence-corrected chi connectivity index (χ4v) is 4.34. The van der Waals surface area contributed by atoms with Gasteiger partial charge in [-0.25, -0.2) is 4.98 Å². The van der Waals surface area contributed by atoms with Crippen molar-refractivity contribution in [2.75, 3.05) is 5.32 Å². The lowest BCUT2D eigenvalue weighted by Crippen LogP contribution is -2.07. The number of fused-ring (bicyclic) bond motifs is 1. The standard InChI is InChI=1S/C28H20Cl2N2O3/c1-16-3-7-23(17(2)11-16)28-32-24-15-21(4-8-26(24)35-28)31-27(33)10-6-22-5-9-25(34-22)18-12-19(29)14-20(30)13-18/h3-15H,1-2H3,(H,31,33)/b10-6+. The molecule has 0 unspecified atom stereocenters. The molecule has 7 heteroatoms. The molecule has 0 aliphatic rings. The normalized spacial score (nSPS) is 11.4. The Hall–Kier alpha value is -3.80. The highest BCUT2D eigenvalue weighted by Crippen LogP contribution is 2.30. The van der Waals surface area contributed by atoms with E-state index in [1.54, 1.807) is 54.6 Å². The zero-order valence-corrected chi connectivity index (χ0v) is 20.4. The smallest absolute Gasteiger partial charge is 0.248 e. The third kappa shape index (κ3) is 5.16. The second kappa shape index (κ2) is 9.45. The summed E-state index contributed by atoms with van der Waals surface area (Å²) in [6, 6.07) is 20.2. The summed E-state index contributed by atoms with van der Waals surface area (Å²) in [5.41, 5.74) is 5.90. The Morgan fingerprint density at radius 1 is 0.914 bits per heavy atom. The molecule has 1 N–H and O–H groups in total. The number of anilines is 1. The minimum Gasteiger partial charge on any atom is -0.457 e. The molecule has 0 aliphatic carbocycles. The van der Waals surface area contributed by atoms with Crippen LogP contribution in [-0.4, -0.2) is 10.9 Å². The van der Waals surface area contributed by atoms with Gasteiger partial charge >= 0.3 is 0 Å². The van der Waals surface area contributed by atoms with Crippen molar-refractivity contribution in [3.05, 3.63) is 99.7 Å². The van der Waals surface area contributed by atoms with E-state index < -0.39 is 0 Å². The first-order valence-electron chi connectivity index (χ1n) is 10.9. The summed E-state index contributed by atoms with van der Waals surface area (Å²) in [5, 5.41) is 3.88. The third-order valence-electron chi connectivity index (χ3n) is 5.44. The van der Waals surface area contributed by atoms with E-state index in [1.807, 2.05) is 26.0 Å². The molecule has 0 bridgehead atoms. The number of nitrogens with one attached hydrogen (secondary N) is 1. The van der Waals surface area contributed by atoms with Gasteiger partial charge in [0.15, 0.2) is 5.58 Å². The Morgan fingerprint density at radius 3 is 2.49 bits per heavy atom. The summed E-state index contributed by atoms with van der Waals surface area (Å²) >= 11 is 12.1. The monoisotopic (exact) mass is 502 g/mol. The SMILES string of the molecule is Cc1ccc(-c2nc3cc(NC(=O)/C=C/c4ccc(-c5cc(Cl)cc(Cl)c5)o4)ccc3o2)c(C)c1. The fourth-order valence-electron chi connectivity index (χ4n) is 3.81. The quantitative estimate of drug-likeness (QED) is 0.245. The minimum atomic E-state index is -0.300. The van der Waals surface area contributed by atoms with Gasteiger partial charge in [0.25, 0.3) is 0 Å². The van der Waals surface area contributed by atoms with Crippen LogP contribution >= 0.6 is 23.2 Å². The maximum Gasteiger partial charge on any atom is 0.248 e. The van der Waals surface area contributed by atoms with Gasteiger partial charge in [-0.1, -0.05) is 40.9 Å². The van der Waals surface area contributed by atoms with Crippen LogP contribution in [0.25, 0.3) is 40.0 Å². The number of carbonyl (C=O) groups is 1. The van der Waals surface area contributed by atoms with Gasteiger partial charge in [-0.15, -0.1) is 0 Å². The lowest BCUT2D eigenvalue weighted by atomic mass is 10.1. The highest BCUT2D eigenvalue weighted by molar-refractivity contribution is 6.35. The van der Waals surface area contributed by atoms with Crippen LogP contribution in [0, 0.1) is 13.8 Å². The van der Waals surface area contributed by atoms with E-state index in [9.17, 15) is 4.79 Å². The Bertz CT molecular complexity index is 1580. The van der Waals surface area contributed by atoms with Crippen LogP contribution in [0.1, 0.15) is 16.9 Å². The van der Waals surface area contributed by atoms with Crippen molar-refractivity contribution >= 4 is 52.0 Å². The number of aryl methyl sites for hydroxylation is 2. The first-order chi connectivity index (χ1) is 16.8. The van der Waals surface area contributed by atoms with Crippen LogP contribution in [0.5, 0.6) is 0 Å². The average Bonchev–Trinajstić information content (AvgIpc) is 3.44. The first-order valence-corrected chi connectivity index (χ1v) is 11.6. The van der Waals surface area contributed by atoms with E-state index in [0.29, 0.717) is 44.2 Å². The first kappa shape index (κ1) is 23.0. The maximum atomic E-state index is 12.5. The van der Waals surface area contributed by atoms with Crippen LogP contribution in [0.2, 0.25) is 10.0 Å². The van der Waals surface area contributed by atoms with E-state index >= 15 is 0 Å². The van der Waals surface area contributed by atoms with E-state index in [1.165, 1.54) is 11.6 Å². The van der Waals surface area contributed by atoms with Gasteiger partial charge in [-0.3, -0.25) is 4.79 Å². The molecular formula is C28H20Cl2N2O3. The van der Waals surface area contributed by atoms with Crippen LogP contribution in [0.3, 0.4) is 0 Å². The van der Waals surface area contributed by atoms with E-state index in [4.69, 9.17) is 32.0 Å². The van der Waals surface area contributed by atoms with Gasteiger partial charge in [-0.05, 0) is 80.1 Å². The number of nitrogens with zero attached hydrogens (tertiary/aromatic N) is 1. The topological polar surface area (TPSA) is 68.3 Å². The molecule has 5 aromatic rings. The summed E-state index contributed by atoms with van der Waals surface area (Å²) in [5.74, 6) is 1.38. The number of amides is 1. The van der Waals surface area contributed by atoms with Crippen molar-refractivity contribution < 1.29 is 13.6 Å². The molecule has 0 saturated carbocycles. The zero-order valence-electron chi connectivity index (χ0n) is 18.9. The molecule has 0 saturated heterocycles. The Morgan fingerprint density at radius 2 is 1.71 bits per heavy atom. The molecule has 5 nitrogen and oxygen atoms in total. The number of carbonyl (C=O) groups excluding carboxylic acids is 1. The predicted molar refractivity (Wildman–Crippen MR) is 141 cm³/mol. The highest BCUT2D eigenvalue weighted by Gasteiger charge is 2.12. The van der Waals surface area contributed by atoms with Gasteiger partial charge in [0, 0.05) is 32.9 Å². The number of hydrogen-bond acceptors (Lipinski definition) is 4. The Labute approximate surface area is 212 Å². The van der Waals surface area contributed by atoms with Crippen molar-refractivity contribution in [1.82, 2.24) is 4.98 Å². The van der Waals surface area contributed by atoms with Crippen molar-refractivity contribution in [3.63, 3.8) is 0 Å². The van der Waals surface area contributed by atoms with Gasteiger partial charge in [-0.2, -0.15) is 0 Å². The largest absolute Gasteiger partial charge is 0.457 e. The van der Waals surface area contributed by atoms with E-state index in [2.05, 4.69) is 16.4 Å². The average molecular weight is 503 g/mol. The predicted octanol–water partition coefficient (Wildman–Crippen LogP) is 8.33. The molecule has 0 atom stereocenters. The highest BCUT2D eigenvalue weighted by atomic mass is 35.5. The van der Waals surface area contributed by atoms with Crippen molar-refractivity contribution in [1.29, 1.82) is 0 Å². The van der Waals surface area contributed by atoms with Gasteiger partial charge in [0.1, 0.15) is 17.0 Å². The van der Waals surface area contributed by atoms with Crippen molar-refractivity contribution in [2.24, 2.45) is 0 Å². The number of benzene rings is 3. The number of halogens is 2. The van der Waals surface area contributed by atoms with Crippen molar-refractivity contribution in [2.45, 2.75) is 13.8 Å². The zero-order chi connectivity index (χ0) is 24.5. The number of aromatic nitrogens is 1. The number of hydrogen-bond donors (Lipinski definition) is 1. The van der Waals surface area contributed by atoms with E-state index in [0.717, 1.165) is 16.7 Å². The molecule has 2 heterocycles. The van der Waals surface area contributed by atoms with Crippen LogP contribution in [0.15, 0.2) is 81.6 Å². The van der Waals surface area contributed by atoms with Gasteiger partial charge < -0.3 is 14.2 Å². The molecule has 0 spiro atoms. The molecule has 0 aliphatic heterocycles. The van der Waals surface area contributed by atoms with Crippen LogP contribution < -0.4 is 5.32 Å². The molecule has 3 aromatic carbocycles. The van der Waals surface area contributed by atoms with E-state index in [-0.39, 0.29) is 5.91 Å². The lowest BCUT2D eigenvalue weighted by Gasteiger charge is -2.01. The number of oxazole rings is 1. The fraction of sp³-hybridized carbons (Fsp3) is 0.0714. The summed E-state index contributed by atoms with van der Waals surface area (Å²) in [6.07, 6.45) is 3.00. The molecule has 174 valence electrons. The molecule has 0 fully saturated rings. The Balaban J connectivity index is 1.29. The number of furan rings is 1. The molecular weight excluding hydrogens is 483 g/mol. The van der Waals surface area contributed by atoms with Crippen LogP contribution in [0.4, 0.5) is 5.69 Å². The minimum absolute atomic E-state index is 0.300.